The van der Waals surface area contributed by atoms with Gasteiger partial charge in [0.15, 0.2) is 5.17 Å². The van der Waals surface area contributed by atoms with Gasteiger partial charge in [0, 0.05) is 22.7 Å². The van der Waals surface area contributed by atoms with Crippen LogP contribution >= 0.6 is 23.4 Å². The summed E-state index contributed by atoms with van der Waals surface area (Å²) >= 11 is 7.32. The molecule has 0 saturated carbocycles. The molecule has 0 radical (unpaired) electrons. The number of halogens is 2. The molecule has 1 amide bonds. The van der Waals surface area contributed by atoms with Crippen molar-refractivity contribution in [3.8, 4) is 5.75 Å². The van der Waals surface area contributed by atoms with Gasteiger partial charge in [0.2, 0.25) is 0 Å². The minimum Gasteiger partial charge on any atom is -0.488 e. The Morgan fingerprint density at radius 3 is 2.50 bits per heavy atom. The first-order valence-corrected chi connectivity index (χ1v) is 12.1. The van der Waals surface area contributed by atoms with Crippen molar-refractivity contribution in [1.82, 2.24) is 4.90 Å². The van der Waals surface area contributed by atoms with E-state index in [1.54, 1.807) is 41.3 Å². The van der Waals surface area contributed by atoms with Crippen LogP contribution in [0.1, 0.15) is 25.0 Å². The van der Waals surface area contributed by atoms with Gasteiger partial charge in [0.25, 0.3) is 5.91 Å². The molecule has 3 aromatic rings. The van der Waals surface area contributed by atoms with E-state index in [0.717, 1.165) is 11.3 Å². The Balaban J connectivity index is 1.61. The van der Waals surface area contributed by atoms with Crippen LogP contribution in [0.15, 0.2) is 82.7 Å². The maximum Gasteiger partial charge on any atom is 0.266 e. The lowest BCUT2D eigenvalue weighted by Gasteiger charge is -2.17. The van der Waals surface area contributed by atoms with Gasteiger partial charge in [0.05, 0.1) is 10.6 Å². The highest BCUT2D eigenvalue weighted by atomic mass is 35.5. The third-order valence-electron chi connectivity index (χ3n) is 5.03. The average molecular weight is 495 g/mol. The number of nitrogens with zero attached hydrogens (tertiary/aromatic N) is 2. The van der Waals surface area contributed by atoms with E-state index in [4.69, 9.17) is 21.3 Å². The fourth-order valence-corrected chi connectivity index (χ4v) is 4.51. The minimum atomic E-state index is -0.313. The minimum absolute atomic E-state index is 0.0939. The lowest BCUT2D eigenvalue weighted by molar-refractivity contribution is -0.122. The number of hydrogen-bond acceptors (Lipinski definition) is 4. The summed E-state index contributed by atoms with van der Waals surface area (Å²) in [6.45, 7) is 4.77. The SMILES string of the molecule is CC(C)CN1C(=O)/C(=C/c2ccccc2OCc2ccccc2F)SC1=Nc1ccc(Cl)cc1. The zero-order valence-corrected chi connectivity index (χ0v) is 20.4. The normalized spacial score (nSPS) is 16.1. The van der Waals surface area contributed by atoms with Gasteiger partial charge >= 0.3 is 0 Å². The number of aliphatic imine (C=N–C) groups is 1. The van der Waals surface area contributed by atoms with Gasteiger partial charge in [-0.15, -0.1) is 0 Å². The number of hydrogen-bond donors (Lipinski definition) is 0. The van der Waals surface area contributed by atoms with E-state index in [1.165, 1.54) is 17.8 Å². The standard InChI is InChI=1S/C27H24ClFN2O2S/c1-18(2)16-31-26(32)25(34-27(31)30-22-13-11-21(28)12-14-22)15-19-7-4-6-10-24(19)33-17-20-8-3-5-9-23(20)29/h3-15,18H,16-17H2,1-2H3/b25-15-,30-27?. The number of benzene rings is 3. The van der Waals surface area contributed by atoms with Gasteiger partial charge in [-0.2, -0.15) is 0 Å². The van der Waals surface area contributed by atoms with Crippen molar-refractivity contribution >= 4 is 46.2 Å². The predicted molar refractivity (Wildman–Crippen MR) is 138 cm³/mol. The topological polar surface area (TPSA) is 41.9 Å². The van der Waals surface area contributed by atoms with Gasteiger partial charge in [-0.05, 0) is 60.2 Å². The van der Waals surface area contributed by atoms with Crippen molar-refractivity contribution < 1.29 is 13.9 Å². The van der Waals surface area contributed by atoms with Crippen molar-refractivity contribution in [3.05, 3.63) is 99.7 Å². The third kappa shape index (κ3) is 5.88. The summed E-state index contributed by atoms with van der Waals surface area (Å²) in [5, 5.41) is 1.25. The van der Waals surface area contributed by atoms with Crippen molar-refractivity contribution in [2.24, 2.45) is 10.9 Å². The van der Waals surface area contributed by atoms with Gasteiger partial charge in [-0.1, -0.05) is 61.8 Å². The summed E-state index contributed by atoms with van der Waals surface area (Å²) in [5.74, 6) is 0.434. The van der Waals surface area contributed by atoms with Crippen LogP contribution in [0.5, 0.6) is 5.75 Å². The number of rotatable bonds is 7. The Morgan fingerprint density at radius 1 is 1.06 bits per heavy atom. The van der Waals surface area contributed by atoms with E-state index >= 15 is 0 Å². The number of carbonyl (C=O) groups excluding carboxylic acids is 1. The smallest absolute Gasteiger partial charge is 0.266 e. The number of para-hydroxylation sites is 1. The molecule has 174 valence electrons. The highest BCUT2D eigenvalue weighted by Gasteiger charge is 2.34. The zero-order chi connectivity index (χ0) is 24.1. The maximum absolute atomic E-state index is 14.0. The van der Waals surface area contributed by atoms with Crippen molar-refractivity contribution in [2.45, 2.75) is 20.5 Å². The van der Waals surface area contributed by atoms with E-state index in [2.05, 4.69) is 13.8 Å². The lowest BCUT2D eigenvalue weighted by atomic mass is 10.1. The predicted octanol–water partition coefficient (Wildman–Crippen LogP) is 7.32. The van der Waals surface area contributed by atoms with Crippen LogP contribution in [0.4, 0.5) is 10.1 Å². The molecule has 1 aliphatic heterocycles. The molecule has 0 aliphatic carbocycles. The van der Waals surface area contributed by atoms with Gasteiger partial charge < -0.3 is 4.74 Å². The Labute approximate surface area is 208 Å². The molecule has 4 nitrogen and oxygen atoms in total. The van der Waals surface area contributed by atoms with Gasteiger partial charge in [-0.25, -0.2) is 9.38 Å². The lowest BCUT2D eigenvalue weighted by Crippen LogP contribution is -2.32. The largest absolute Gasteiger partial charge is 0.488 e. The van der Waals surface area contributed by atoms with Crippen LogP contribution in [-0.4, -0.2) is 22.5 Å². The molecule has 0 atom stereocenters. The molecule has 1 heterocycles. The molecule has 1 saturated heterocycles. The van der Waals surface area contributed by atoms with Gasteiger partial charge in [0.1, 0.15) is 18.2 Å². The first kappa shape index (κ1) is 24.0. The molecule has 0 N–H and O–H groups in total. The van der Waals surface area contributed by atoms with Crippen molar-refractivity contribution in [2.75, 3.05) is 6.54 Å². The van der Waals surface area contributed by atoms with E-state index in [-0.39, 0.29) is 24.2 Å². The Hall–Kier alpha value is -3.09. The number of amidine groups is 1. The van der Waals surface area contributed by atoms with Crippen LogP contribution in [0, 0.1) is 11.7 Å². The second kappa shape index (κ2) is 10.9. The molecular weight excluding hydrogens is 471 g/mol. The molecular formula is C27H24ClFN2O2S. The van der Waals surface area contributed by atoms with E-state index in [1.807, 2.05) is 36.4 Å². The van der Waals surface area contributed by atoms with Crippen molar-refractivity contribution in [3.63, 3.8) is 0 Å². The van der Waals surface area contributed by atoms with Crippen LogP contribution in [0.2, 0.25) is 5.02 Å². The second-order valence-electron chi connectivity index (χ2n) is 8.21. The number of amides is 1. The Bertz CT molecular complexity index is 1240. The number of thioether (sulfide) groups is 1. The number of ether oxygens (including phenoxy) is 1. The maximum atomic E-state index is 14.0. The molecule has 0 bridgehead atoms. The summed E-state index contributed by atoms with van der Waals surface area (Å²) in [6.07, 6.45) is 1.81. The summed E-state index contributed by atoms with van der Waals surface area (Å²) in [7, 11) is 0. The molecule has 4 rings (SSSR count). The molecule has 1 fully saturated rings. The Morgan fingerprint density at radius 2 is 1.76 bits per heavy atom. The fraction of sp³-hybridized carbons (Fsp3) is 0.185. The highest BCUT2D eigenvalue weighted by Crippen LogP contribution is 2.36. The van der Waals surface area contributed by atoms with Crippen LogP contribution in [-0.2, 0) is 11.4 Å². The molecule has 0 spiro atoms. The molecule has 3 aromatic carbocycles. The van der Waals surface area contributed by atoms with E-state index < -0.39 is 0 Å². The summed E-state index contributed by atoms with van der Waals surface area (Å²) in [5.41, 5.74) is 1.94. The Kier molecular flexibility index (Phi) is 7.70. The quantitative estimate of drug-likeness (QED) is 0.323. The monoisotopic (exact) mass is 494 g/mol. The zero-order valence-electron chi connectivity index (χ0n) is 18.9. The fourth-order valence-electron chi connectivity index (χ4n) is 3.39. The third-order valence-corrected chi connectivity index (χ3v) is 6.29. The summed E-state index contributed by atoms with van der Waals surface area (Å²) < 4.78 is 19.9. The van der Waals surface area contributed by atoms with Crippen LogP contribution in [0.3, 0.4) is 0 Å². The van der Waals surface area contributed by atoms with Crippen molar-refractivity contribution in [1.29, 1.82) is 0 Å². The van der Waals surface area contributed by atoms with Gasteiger partial charge in [-0.3, -0.25) is 9.69 Å². The van der Waals surface area contributed by atoms with E-state index in [9.17, 15) is 9.18 Å². The first-order valence-electron chi connectivity index (χ1n) is 10.9. The van der Waals surface area contributed by atoms with Crippen LogP contribution < -0.4 is 4.74 Å². The molecule has 34 heavy (non-hydrogen) atoms. The summed E-state index contributed by atoms with van der Waals surface area (Å²) in [4.78, 5) is 20.2. The molecule has 1 aliphatic rings. The molecule has 7 heteroatoms. The highest BCUT2D eigenvalue weighted by molar-refractivity contribution is 8.18. The second-order valence-corrected chi connectivity index (χ2v) is 9.65. The number of carbonyl (C=O) groups is 1. The average Bonchev–Trinajstić information content (AvgIpc) is 3.09. The first-order chi connectivity index (χ1) is 16.4. The molecule has 0 aromatic heterocycles. The molecule has 0 unspecified atom stereocenters. The van der Waals surface area contributed by atoms with E-state index in [0.29, 0.717) is 33.0 Å². The van der Waals surface area contributed by atoms with Crippen LogP contribution in [0.25, 0.3) is 6.08 Å². The summed E-state index contributed by atoms with van der Waals surface area (Å²) in [6, 6.07) is 21.1.